The first-order valence-electron chi connectivity index (χ1n) is 8.30. The van der Waals surface area contributed by atoms with Gasteiger partial charge in [0.25, 0.3) is 0 Å². The van der Waals surface area contributed by atoms with E-state index in [0.29, 0.717) is 5.92 Å². The maximum absolute atomic E-state index is 9.21. The van der Waals surface area contributed by atoms with Gasteiger partial charge in [-0.05, 0) is 49.3 Å². The van der Waals surface area contributed by atoms with Gasteiger partial charge in [-0.2, -0.15) is 0 Å². The third-order valence-electron chi connectivity index (χ3n) is 2.97. The number of aliphatic hydroxyl groups excluding tert-OH is 1. The number of rotatable bonds is 6. The van der Waals surface area contributed by atoms with Gasteiger partial charge in [0.2, 0.25) is 0 Å². The van der Waals surface area contributed by atoms with Crippen molar-refractivity contribution < 1.29 is 9.84 Å². The molecule has 0 aromatic heterocycles. The van der Waals surface area contributed by atoms with Crippen molar-refractivity contribution in [3.05, 3.63) is 35.4 Å². The Balaban J connectivity index is 0.000000980. The lowest BCUT2D eigenvalue weighted by atomic mass is 10.00. The molecule has 1 atom stereocenters. The van der Waals surface area contributed by atoms with E-state index in [1.54, 1.807) is 7.11 Å². The summed E-state index contributed by atoms with van der Waals surface area (Å²) < 4.78 is 5.36. The molecular formula is C20H34O2. The number of benzene rings is 1. The third kappa shape index (κ3) is 9.62. The Kier molecular flexibility index (Phi) is 10.7. The Morgan fingerprint density at radius 1 is 1.09 bits per heavy atom. The van der Waals surface area contributed by atoms with E-state index in [0.717, 1.165) is 30.1 Å². The predicted molar refractivity (Wildman–Crippen MR) is 97.5 cm³/mol. The summed E-state index contributed by atoms with van der Waals surface area (Å²) in [7, 11) is 1.69. The molecule has 0 saturated carbocycles. The Morgan fingerprint density at radius 3 is 2.14 bits per heavy atom. The van der Waals surface area contributed by atoms with Gasteiger partial charge >= 0.3 is 0 Å². The zero-order valence-corrected chi connectivity index (χ0v) is 15.4. The minimum absolute atomic E-state index is 0.237. The van der Waals surface area contributed by atoms with Gasteiger partial charge < -0.3 is 9.84 Å². The Labute approximate surface area is 137 Å². The zero-order chi connectivity index (χ0) is 17.1. The van der Waals surface area contributed by atoms with Gasteiger partial charge in [-0.25, -0.2) is 0 Å². The molecule has 0 aliphatic heterocycles. The van der Waals surface area contributed by atoms with E-state index in [4.69, 9.17) is 4.74 Å². The molecular weight excluding hydrogens is 272 g/mol. The van der Waals surface area contributed by atoms with Gasteiger partial charge in [0.1, 0.15) is 5.75 Å². The van der Waals surface area contributed by atoms with E-state index in [1.165, 1.54) is 5.56 Å². The first kappa shape index (κ1) is 20.7. The lowest BCUT2D eigenvalue weighted by Gasteiger charge is -2.10. The fraction of sp³-hybridized carbons (Fsp3) is 0.600. The van der Waals surface area contributed by atoms with Gasteiger partial charge in [0.15, 0.2) is 0 Å². The van der Waals surface area contributed by atoms with Crippen LogP contribution in [0.1, 0.15) is 71.4 Å². The van der Waals surface area contributed by atoms with Crippen molar-refractivity contribution in [1.82, 2.24) is 0 Å². The van der Waals surface area contributed by atoms with E-state index in [2.05, 4.69) is 58.9 Å². The molecule has 1 aromatic rings. The minimum Gasteiger partial charge on any atom is -0.496 e. The third-order valence-corrected chi connectivity index (χ3v) is 2.97. The van der Waals surface area contributed by atoms with E-state index in [1.807, 2.05) is 13.0 Å². The molecule has 2 nitrogen and oxygen atoms in total. The summed E-state index contributed by atoms with van der Waals surface area (Å²) in [6.07, 6.45) is 5.61. The molecule has 0 unspecified atom stereocenters. The lowest BCUT2D eigenvalue weighted by molar-refractivity contribution is 0.186. The highest BCUT2D eigenvalue weighted by atomic mass is 16.5. The Bertz CT molecular complexity index is 429. The van der Waals surface area contributed by atoms with Gasteiger partial charge in [-0.15, -0.1) is 0 Å². The van der Waals surface area contributed by atoms with Crippen LogP contribution in [-0.4, -0.2) is 18.3 Å². The normalized spacial score (nSPS) is 12.5. The van der Waals surface area contributed by atoms with E-state index in [9.17, 15) is 5.11 Å². The van der Waals surface area contributed by atoms with E-state index < -0.39 is 0 Å². The van der Waals surface area contributed by atoms with Crippen LogP contribution in [0.2, 0.25) is 0 Å². The Morgan fingerprint density at radius 2 is 1.68 bits per heavy atom. The standard InChI is InChI=1S/C16H24O2.C4H10/c1-12(2)14-9-10-16(18-4)15(11-14)8-6-5-7-13(3)17;1-4(2)3/h6,8-13,17H,5,7H2,1-4H3;4H,1-3H3/b8-6+;/t13-;/m1./s1. The maximum atomic E-state index is 9.21. The smallest absolute Gasteiger partial charge is 0.126 e. The topological polar surface area (TPSA) is 29.5 Å². The largest absolute Gasteiger partial charge is 0.496 e. The minimum atomic E-state index is -0.237. The van der Waals surface area contributed by atoms with Gasteiger partial charge in [-0.3, -0.25) is 0 Å². The summed E-state index contributed by atoms with van der Waals surface area (Å²) in [4.78, 5) is 0. The van der Waals surface area contributed by atoms with Crippen LogP contribution in [-0.2, 0) is 0 Å². The maximum Gasteiger partial charge on any atom is 0.126 e. The zero-order valence-electron chi connectivity index (χ0n) is 15.4. The second kappa shape index (κ2) is 11.3. The summed E-state index contributed by atoms with van der Waals surface area (Å²) in [6, 6.07) is 6.29. The van der Waals surface area contributed by atoms with Gasteiger partial charge in [0, 0.05) is 5.56 Å². The van der Waals surface area contributed by atoms with Crippen LogP contribution in [0.4, 0.5) is 0 Å². The van der Waals surface area contributed by atoms with Crippen molar-refractivity contribution in [1.29, 1.82) is 0 Å². The van der Waals surface area contributed by atoms with Crippen molar-refractivity contribution in [2.45, 2.75) is 66.4 Å². The number of hydrogen-bond acceptors (Lipinski definition) is 2. The lowest BCUT2D eigenvalue weighted by Crippen LogP contribution is -1.97. The number of aliphatic hydroxyl groups is 1. The summed E-state index contributed by atoms with van der Waals surface area (Å²) in [5.74, 6) is 2.24. The molecule has 0 radical (unpaired) electrons. The highest BCUT2D eigenvalue weighted by molar-refractivity contribution is 5.58. The SMILES string of the molecule is CC(C)C.COc1ccc(C(C)C)cc1/C=C/CC[C@@H](C)O. The second-order valence-electron chi connectivity index (χ2n) is 6.72. The van der Waals surface area contributed by atoms with Crippen molar-refractivity contribution in [2.75, 3.05) is 7.11 Å². The van der Waals surface area contributed by atoms with Crippen LogP contribution in [0.25, 0.3) is 6.08 Å². The number of allylic oxidation sites excluding steroid dienone is 1. The molecule has 0 saturated heterocycles. The molecule has 0 fully saturated rings. The van der Waals surface area contributed by atoms with Crippen LogP contribution in [0.15, 0.2) is 24.3 Å². The first-order valence-corrected chi connectivity index (χ1v) is 8.30. The molecule has 126 valence electrons. The average Bonchev–Trinajstić information content (AvgIpc) is 2.42. The average molecular weight is 306 g/mol. The van der Waals surface area contributed by atoms with Crippen molar-refractivity contribution >= 4 is 6.08 Å². The van der Waals surface area contributed by atoms with Crippen LogP contribution >= 0.6 is 0 Å². The quantitative estimate of drug-likeness (QED) is 0.735. The molecule has 0 spiro atoms. The molecule has 0 aliphatic rings. The summed E-state index contributed by atoms with van der Waals surface area (Å²) >= 11 is 0. The Hall–Kier alpha value is -1.28. The monoisotopic (exact) mass is 306 g/mol. The molecule has 1 N–H and O–H groups in total. The van der Waals surface area contributed by atoms with E-state index >= 15 is 0 Å². The van der Waals surface area contributed by atoms with Crippen molar-refractivity contribution in [2.24, 2.45) is 5.92 Å². The first-order chi connectivity index (χ1) is 10.3. The molecule has 1 rings (SSSR count). The molecule has 0 heterocycles. The van der Waals surface area contributed by atoms with Crippen LogP contribution < -0.4 is 4.74 Å². The van der Waals surface area contributed by atoms with Crippen LogP contribution in [0.3, 0.4) is 0 Å². The van der Waals surface area contributed by atoms with Crippen LogP contribution in [0, 0.1) is 5.92 Å². The highest BCUT2D eigenvalue weighted by Gasteiger charge is 2.04. The summed E-state index contributed by atoms with van der Waals surface area (Å²) in [6.45, 7) is 12.7. The van der Waals surface area contributed by atoms with Crippen molar-refractivity contribution in [3.63, 3.8) is 0 Å². The molecule has 2 heteroatoms. The van der Waals surface area contributed by atoms with E-state index in [-0.39, 0.29) is 6.10 Å². The van der Waals surface area contributed by atoms with Gasteiger partial charge in [-0.1, -0.05) is 52.8 Å². The summed E-state index contributed by atoms with van der Waals surface area (Å²) in [5.41, 5.74) is 2.42. The summed E-state index contributed by atoms with van der Waals surface area (Å²) in [5, 5.41) is 9.21. The second-order valence-corrected chi connectivity index (χ2v) is 6.72. The fourth-order valence-corrected chi connectivity index (χ4v) is 1.79. The van der Waals surface area contributed by atoms with Crippen molar-refractivity contribution in [3.8, 4) is 5.75 Å². The fourth-order valence-electron chi connectivity index (χ4n) is 1.79. The molecule has 0 aliphatic carbocycles. The molecule has 1 aromatic carbocycles. The predicted octanol–water partition coefficient (Wildman–Crippen LogP) is 5.66. The van der Waals surface area contributed by atoms with Gasteiger partial charge in [0.05, 0.1) is 13.2 Å². The molecule has 0 amide bonds. The number of hydrogen-bond donors (Lipinski definition) is 1. The molecule has 22 heavy (non-hydrogen) atoms. The number of methoxy groups -OCH3 is 1. The number of ether oxygens (including phenoxy) is 1. The van der Waals surface area contributed by atoms with Crippen LogP contribution in [0.5, 0.6) is 5.75 Å². The highest BCUT2D eigenvalue weighted by Crippen LogP contribution is 2.25. The molecule has 0 bridgehead atoms.